The van der Waals surface area contributed by atoms with Crippen LogP contribution in [0.25, 0.3) is 0 Å². The number of carbonyl (C=O) groups is 2. The van der Waals surface area contributed by atoms with E-state index in [4.69, 9.17) is 5.11 Å². The Hall–Kier alpha value is -2.20. The van der Waals surface area contributed by atoms with Crippen molar-refractivity contribution in [1.82, 2.24) is 20.3 Å². The minimum atomic E-state index is -4.77. The lowest BCUT2D eigenvalue weighted by molar-refractivity contribution is -0.169. The van der Waals surface area contributed by atoms with Gasteiger partial charge in [-0.25, -0.2) is 18.3 Å². The van der Waals surface area contributed by atoms with Crippen LogP contribution in [0.1, 0.15) is 10.5 Å². The molecule has 0 aromatic carbocycles. The third-order valence-electron chi connectivity index (χ3n) is 1.96. The number of aromatic carboxylic acids is 1. The zero-order valence-corrected chi connectivity index (χ0v) is 9.19. The first kappa shape index (κ1) is 14.9. The van der Waals surface area contributed by atoms with Gasteiger partial charge in [-0.3, -0.25) is 4.79 Å². The van der Waals surface area contributed by atoms with Crippen LogP contribution in [0.2, 0.25) is 0 Å². The lowest BCUT2D eigenvalue weighted by atomic mass is 10.3. The van der Waals surface area contributed by atoms with Gasteiger partial charge in [0.2, 0.25) is 0 Å². The van der Waals surface area contributed by atoms with E-state index in [1.54, 1.807) is 5.32 Å². The van der Waals surface area contributed by atoms with Crippen molar-refractivity contribution >= 4 is 11.9 Å². The predicted octanol–water partition coefficient (Wildman–Crippen LogP) is -0.00710. The molecule has 0 saturated heterocycles. The molecule has 1 aromatic heterocycles. The molecule has 1 heterocycles. The van der Waals surface area contributed by atoms with Crippen LogP contribution in [0.15, 0.2) is 6.20 Å². The summed E-state index contributed by atoms with van der Waals surface area (Å²) < 4.78 is 49.6. The van der Waals surface area contributed by atoms with Gasteiger partial charge in [0.15, 0.2) is 5.69 Å². The first-order valence-electron chi connectivity index (χ1n) is 4.83. The molecule has 1 aromatic rings. The summed E-state index contributed by atoms with van der Waals surface area (Å²) >= 11 is 0. The molecule has 0 bridgehead atoms. The van der Waals surface area contributed by atoms with E-state index in [2.05, 4.69) is 10.3 Å². The highest BCUT2D eigenvalue weighted by molar-refractivity contribution is 5.84. The van der Waals surface area contributed by atoms with Crippen molar-refractivity contribution in [3.05, 3.63) is 11.9 Å². The molecule has 2 N–H and O–H groups in total. The van der Waals surface area contributed by atoms with Gasteiger partial charge in [0.1, 0.15) is 0 Å². The zero-order chi connectivity index (χ0) is 14.6. The number of hydrogen-bond acceptors (Lipinski definition) is 4. The number of hydrogen-bond donors (Lipinski definition) is 2. The summed E-state index contributed by atoms with van der Waals surface area (Å²) in [5.41, 5.74) is -0.371. The molecule has 0 radical (unpaired) electrons. The molecule has 1 rings (SSSR count). The van der Waals surface area contributed by atoms with Gasteiger partial charge >= 0.3 is 18.3 Å². The third kappa shape index (κ3) is 3.63. The summed E-state index contributed by atoms with van der Waals surface area (Å²) in [7, 11) is 0. The molecule has 0 fully saturated rings. The van der Waals surface area contributed by atoms with Crippen molar-refractivity contribution in [3.63, 3.8) is 0 Å². The highest BCUT2D eigenvalue weighted by Crippen LogP contribution is 2.22. The number of halogens is 4. The van der Waals surface area contributed by atoms with Gasteiger partial charge in [-0.1, -0.05) is 5.21 Å². The quantitative estimate of drug-likeness (QED) is 0.716. The minimum absolute atomic E-state index is 0.189. The van der Waals surface area contributed by atoms with Crippen LogP contribution in [0.5, 0.6) is 0 Å². The average Bonchev–Trinajstić information content (AvgIpc) is 2.77. The van der Waals surface area contributed by atoms with Gasteiger partial charge in [0.05, 0.1) is 12.7 Å². The largest absolute Gasteiger partial charge is 0.476 e. The molecular weight excluding hydrogens is 276 g/mol. The Morgan fingerprint density at radius 2 is 2.11 bits per heavy atom. The first-order chi connectivity index (χ1) is 8.75. The smallest absolute Gasteiger partial charge is 0.383 e. The second-order valence-electron chi connectivity index (χ2n) is 3.35. The summed E-state index contributed by atoms with van der Waals surface area (Å²) in [4.78, 5) is 21.2. The van der Waals surface area contributed by atoms with Crippen molar-refractivity contribution in [2.75, 3.05) is 6.54 Å². The minimum Gasteiger partial charge on any atom is -0.476 e. The highest BCUT2D eigenvalue weighted by Gasteiger charge is 2.48. The van der Waals surface area contributed by atoms with E-state index < -0.39 is 30.8 Å². The molecule has 0 saturated carbocycles. The Morgan fingerprint density at radius 1 is 1.47 bits per heavy atom. The van der Waals surface area contributed by atoms with Crippen molar-refractivity contribution in [2.45, 2.75) is 18.9 Å². The van der Waals surface area contributed by atoms with Gasteiger partial charge in [0, 0.05) is 6.54 Å². The van der Waals surface area contributed by atoms with E-state index in [1.165, 1.54) is 0 Å². The van der Waals surface area contributed by atoms with Crippen molar-refractivity contribution in [3.8, 4) is 0 Å². The number of carbonyl (C=O) groups excluding carboxylic acids is 1. The summed E-state index contributed by atoms with van der Waals surface area (Å²) in [6, 6.07) is 0. The van der Waals surface area contributed by atoms with E-state index in [9.17, 15) is 27.2 Å². The molecule has 0 aliphatic carbocycles. The molecule has 106 valence electrons. The van der Waals surface area contributed by atoms with E-state index in [0.717, 1.165) is 10.9 Å². The Labute approximate surface area is 103 Å². The normalized spacial score (nSPS) is 11.6. The van der Waals surface area contributed by atoms with Crippen LogP contribution in [0.4, 0.5) is 17.6 Å². The monoisotopic (exact) mass is 284 g/mol. The van der Waals surface area contributed by atoms with Crippen LogP contribution in [0, 0.1) is 0 Å². The molecule has 7 nitrogen and oxygen atoms in total. The maximum absolute atomic E-state index is 12.5. The Bertz CT molecular complexity index is 476. The topological polar surface area (TPSA) is 97.1 Å². The number of nitrogens with one attached hydrogen (secondary N) is 1. The molecule has 0 spiro atoms. The van der Waals surface area contributed by atoms with Crippen LogP contribution < -0.4 is 5.32 Å². The van der Waals surface area contributed by atoms with Crippen molar-refractivity contribution in [2.24, 2.45) is 0 Å². The number of rotatable bonds is 6. The van der Waals surface area contributed by atoms with Crippen LogP contribution >= 0.6 is 0 Å². The fourth-order valence-electron chi connectivity index (χ4n) is 1.01. The average molecular weight is 284 g/mol. The third-order valence-corrected chi connectivity index (χ3v) is 1.96. The Morgan fingerprint density at radius 3 is 2.58 bits per heavy atom. The fourth-order valence-corrected chi connectivity index (χ4v) is 1.01. The zero-order valence-electron chi connectivity index (χ0n) is 9.19. The van der Waals surface area contributed by atoms with E-state index >= 15 is 0 Å². The molecule has 11 heteroatoms. The second-order valence-corrected chi connectivity index (χ2v) is 3.35. The lowest BCUT2D eigenvalue weighted by Gasteiger charge is -2.14. The number of aromatic nitrogens is 3. The van der Waals surface area contributed by atoms with Crippen molar-refractivity contribution < 1.29 is 32.3 Å². The summed E-state index contributed by atoms with van der Waals surface area (Å²) in [6.07, 6.45) is -3.10. The summed E-state index contributed by atoms with van der Waals surface area (Å²) in [5.74, 6) is -8.21. The molecule has 0 atom stereocenters. The Balaban J connectivity index is 2.46. The highest BCUT2D eigenvalue weighted by atomic mass is 19.3. The van der Waals surface area contributed by atoms with E-state index in [0.29, 0.717) is 0 Å². The summed E-state index contributed by atoms with van der Waals surface area (Å²) in [5, 5.41) is 16.7. The van der Waals surface area contributed by atoms with Gasteiger partial charge in [-0.05, 0) is 0 Å². The first-order valence-corrected chi connectivity index (χ1v) is 4.83. The number of alkyl halides is 4. The number of nitrogens with zero attached hydrogens (tertiary/aromatic N) is 3. The fraction of sp³-hybridized carbons (Fsp3) is 0.500. The van der Waals surface area contributed by atoms with Gasteiger partial charge in [0.25, 0.3) is 5.91 Å². The van der Waals surface area contributed by atoms with E-state index in [-0.39, 0.29) is 12.2 Å². The number of carboxylic acid groups (broad SMARTS) is 1. The maximum atomic E-state index is 12.5. The van der Waals surface area contributed by atoms with Crippen LogP contribution in [-0.4, -0.2) is 50.9 Å². The van der Waals surface area contributed by atoms with Crippen LogP contribution in [0.3, 0.4) is 0 Å². The molecule has 0 aliphatic heterocycles. The van der Waals surface area contributed by atoms with Crippen molar-refractivity contribution in [1.29, 1.82) is 0 Å². The van der Waals surface area contributed by atoms with Gasteiger partial charge in [-0.2, -0.15) is 8.78 Å². The SMILES string of the molecule is O=C(O)c1cn(CCNC(=O)C(F)(F)C(F)F)nn1. The predicted molar refractivity (Wildman–Crippen MR) is 50.9 cm³/mol. The molecule has 19 heavy (non-hydrogen) atoms. The molecule has 0 unspecified atom stereocenters. The Kier molecular flexibility index (Phi) is 4.40. The second kappa shape index (κ2) is 5.63. The summed E-state index contributed by atoms with van der Waals surface area (Å²) in [6.45, 7) is -0.616. The van der Waals surface area contributed by atoms with E-state index in [1.807, 2.05) is 0 Å². The number of carboxylic acids is 1. The lowest BCUT2D eigenvalue weighted by Crippen LogP contribution is -2.46. The molecule has 1 amide bonds. The maximum Gasteiger partial charge on any atom is 0.383 e. The van der Waals surface area contributed by atoms with Crippen LogP contribution in [-0.2, 0) is 11.3 Å². The van der Waals surface area contributed by atoms with Gasteiger partial charge in [-0.15, -0.1) is 5.10 Å². The van der Waals surface area contributed by atoms with Gasteiger partial charge < -0.3 is 10.4 Å². The molecular formula is C8H8F4N4O3. The standard InChI is InChI=1S/C8H8F4N4O3/c9-6(10)8(11,12)7(19)13-1-2-16-3-4(5(17)18)14-15-16/h3,6H,1-2H2,(H,13,19)(H,17,18). The number of amides is 1. The molecule has 0 aliphatic rings.